The molecule has 0 aromatic heterocycles. The predicted octanol–water partition coefficient (Wildman–Crippen LogP) is 2.07. The number of hydrogen-bond acceptors (Lipinski definition) is 3. The van der Waals surface area contributed by atoms with Gasteiger partial charge >= 0.3 is 6.03 Å². The first kappa shape index (κ1) is 16.3. The molecule has 1 aliphatic carbocycles. The van der Waals surface area contributed by atoms with Crippen molar-refractivity contribution in [2.75, 3.05) is 17.6 Å². The van der Waals surface area contributed by atoms with Gasteiger partial charge in [0.1, 0.15) is 0 Å². The van der Waals surface area contributed by atoms with Crippen LogP contribution in [0.15, 0.2) is 18.2 Å². The Morgan fingerprint density at radius 1 is 1.30 bits per heavy atom. The van der Waals surface area contributed by atoms with Gasteiger partial charge in [-0.2, -0.15) is 4.31 Å². The highest BCUT2D eigenvalue weighted by Gasteiger charge is 2.26. The van der Waals surface area contributed by atoms with Crippen molar-refractivity contribution in [3.63, 3.8) is 0 Å². The van der Waals surface area contributed by atoms with E-state index in [9.17, 15) is 13.2 Å². The molecule has 7 heteroatoms. The molecule has 0 saturated heterocycles. The highest BCUT2D eigenvalue weighted by Crippen LogP contribution is 2.25. The third-order valence-corrected chi connectivity index (χ3v) is 6.23. The van der Waals surface area contributed by atoms with Gasteiger partial charge in [0.15, 0.2) is 0 Å². The molecule has 1 heterocycles. The molecule has 6 nitrogen and oxygen atoms in total. The van der Waals surface area contributed by atoms with Gasteiger partial charge in [-0.15, -0.1) is 0 Å². The summed E-state index contributed by atoms with van der Waals surface area (Å²) in [6, 6.07) is 5.85. The summed E-state index contributed by atoms with van der Waals surface area (Å²) in [6.45, 7) is 2.79. The molecule has 1 aromatic rings. The van der Waals surface area contributed by atoms with Crippen LogP contribution in [0.3, 0.4) is 0 Å². The Morgan fingerprint density at radius 3 is 2.78 bits per heavy atom. The number of amides is 2. The molecule has 0 radical (unpaired) electrons. The quantitative estimate of drug-likeness (QED) is 0.863. The van der Waals surface area contributed by atoms with E-state index < -0.39 is 10.0 Å². The fourth-order valence-electron chi connectivity index (χ4n) is 2.81. The molecule has 1 fully saturated rings. The van der Waals surface area contributed by atoms with Crippen LogP contribution < -0.4 is 10.6 Å². The van der Waals surface area contributed by atoms with E-state index in [1.807, 2.05) is 25.1 Å². The van der Waals surface area contributed by atoms with Crippen molar-refractivity contribution >= 4 is 21.7 Å². The fourth-order valence-corrected chi connectivity index (χ4v) is 4.29. The Labute approximate surface area is 137 Å². The Balaban J connectivity index is 1.70. The Hall–Kier alpha value is -1.60. The highest BCUT2D eigenvalue weighted by atomic mass is 32.2. The zero-order chi connectivity index (χ0) is 16.4. The topological polar surface area (TPSA) is 78.5 Å². The maximum absolute atomic E-state index is 12.2. The van der Waals surface area contributed by atoms with E-state index in [-0.39, 0.29) is 11.8 Å². The number of carbonyl (C=O) groups excluding carboxylic acids is 1. The van der Waals surface area contributed by atoms with Crippen LogP contribution in [0.25, 0.3) is 0 Å². The van der Waals surface area contributed by atoms with E-state index in [0.717, 1.165) is 24.0 Å². The zero-order valence-electron chi connectivity index (χ0n) is 13.3. The average molecular weight is 337 g/mol. The number of urea groups is 1. The van der Waals surface area contributed by atoms with E-state index in [1.165, 1.54) is 0 Å². The number of anilines is 1. The lowest BCUT2D eigenvalue weighted by Crippen LogP contribution is -2.37. The molecule has 0 unspecified atom stereocenters. The lowest BCUT2D eigenvalue weighted by Gasteiger charge is -2.28. The minimum Gasteiger partial charge on any atom is -0.335 e. The Morgan fingerprint density at radius 2 is 2.09 bits per heavy atom. The van der Waals surface area contributed by atoms with Crippen molar-refractivity contribution in [2.24, 2.45) is 0 Å². The summed E-state index contributed by atoms with van der Waals surface area (Å²) in [5, 5.41) is 5.70. The van der Waals surface area contributed by atoms with E-state index in [0.29, 0.717) is 37.7 Å². The summed E-state index contributed by atoms with van der Waals surface area (Å²) >= 11 is 0. The molecule has 1 aromatic carbocycles. The van der Waals surface area contributed by atoms with Gasteiger partial charge in [0.2, 0.25) is 10.0 Å². The van der Waals surface area contributed by atoms with Crippen LogP contribution in [-0.2, 0) is 23.0 Å². The summed E-state index contributed by atoms with van der Waals surface area (Å²) in [7, 11) is -3.19. The summed E-state index contributed by atoms with van der Waals surface area (Å²) in [4.78, 5) is 11.8. The maximum Gasteiger partial charge on any atom is 0.319 e. The molecule has 2 amide bonds. The molecule has 2 N–H and O–H groups in total. The van der Waals surface area contributed by atoms with Gasteiger partial charge in [-0.25, -0.2) is 13.2 Å². The number of nitrogens with one attached hydrogen (secondary N) is 2. The molecule has 2 aliphatic rings. The first-order valence-corrected chi connectivity index (χ1v) is 9.76. The smallest absolute Gasteiger partial charge is 0.319 e. The SMILES string of the molecule is CCCS(=O)(=O)N1CCc2ccc(NC(=O)NC3CC3)cc2C1. The van der Waals surface area contributed by atoms with Crippen LogP contribution in [0, 0.1) is 0 Å². The van der Waals surface area contributed by atoms with Crippen molar-refractivity contribution in [1.29, 1.82) is 0 Å². The van der Waals surface area contributed by atoms with Crippen LogP contribution in [0.5, 0.6) is 0 Å². The number of rotatable bonds is 5. The van der Waals surface area contributed by atoms with E-state index in [2.05, 4.69) is 10.6 Å². The lowest BCUT2D eigenvalue weighted by atomic mass is 10.0. The molecular weight excluding hydrogens is 314 g/mol. The van der Waals surface area contributed by atoms with Crippen molar-refractivity contribution in [1.82, 2.24) is 9.62 Å². The second-order valence-electron chi connectivity index (χ2n) is 6.26. The number of fused-ring (bicyclic) bond motifs is 1. The average Bonchev–Trinajstić information content (AvgIpc) is 3.30. The molecule has 0 spiro atoms. The molecule has 3 rings (SSSR count). The number of sulfonamides is 1. The summed E-state index contributed by atoms with van der Waals surface area (Å²) in [6.07, 6.45) is 3.42. The number of nitrogens with zero attached hydrogens (tertiary/aromatic N) is 1. The van der Waals surface area contributed by atoms with Gasteiger partial charge in [0.05, 0.1) is 5.75 Å². The summed E-state index contributed by atoms with van der Waals surface area (Å²) in [5.74, 6) is 0.185. The molecule has 0 bridgehead atoms. The molecule has 126 valence electrons. The summed E-state index contributed by atoms with van der Waals surface area (Å²) in [5.41, 5.74) is 2.83. The number of benzene rings is 1. The maximum atomic E-state index is 12.2. The zero-order valence-corrected chi connectivity index (χ0v) is 14.2. The van der Waals surface area contributed by atoms with Crippen molar-refractivity contribution in [3.05, 3.63) is 29.3 Å². The third-order valence-electron chi connectivity index (χ3n) is 4.21. The molecule has 23 heavy (non-hydrogen) atoms. The van der Waals surface area contributed by atoms with Crippen LogP contribution >= 0.6 is 0 Å². The monoisotopic (exact) mass is 337 g/mol. The van der Waals surface area contributed by atoms with Gasteiger partial charge in [-0.3, -0.25) is 0 Å². The largest absolute Gasteiger partial charge is 0.335 e. The predicted molar refractivity (Wildman–Crippen MR) is 89.8 cm³/mol. The first-order valence-electron chi connectivity index (χ1n) is 8.15. The Bertz CT molecular complexity index is 699. The Kier molecular flexibility index (Phi) is 4.59. The van der Waals surface area contributed by atoms with Gasteiger partial charge in [0.25, 0.3) is 0 Å². The second-order valence-corrected chi connectivity index (χ2v) is 8.34. The molecular formula is C16H23N3O3S. The minimum absolute atomic E-state index is 0.185. The molecule has 1 saturated carbocycles. The van der Waals surface area contributed by atoms with Crippen molar-refractivity contribution < 1.29 is 13.2 Å². The number of hydrogen-bond donors (Lipinski definition) is 2. The standard InChI is InChI=1S/C16H23N3O3S/c1-2-9-23(21,22)19-8-7-12-3-4-15(10-13(12)11-19)18-16(20)17-14-5-6-14/h3-4,10,14H,2,5-9,11H2,1H3,(H2,17,18,20). The van der Waals surface area contributed by atoms with Crippen LogP contribution in [0.1, 0.15) is 37.3 Å². The highest BCUT2D eigenvalue weighted by molar-refractivity contribution is 7.89. The third kappa shape index (κ3) is 4.03. The normalized spacial score (nSPS) is 18.3. The van der Waals surface area contributed by atoms with E-state index in [4.69, 9.17) is 0 Å². The molecule has 1 aliphatic heterocycles. The van der Waals surface area contributed by atoms with Crippen molar-refractivity contribution in [3.8, 4) is 0 Å². The lowest BCUT2D eigenvalue weighted by molar-refractivity contribution is 0.251. The van der Waals surface area contributed by atoms with E-state index in [1.54, 1.807) is 4.31 Å². The van der Waals surface area contributed by atoms with Gasteiger partial charge in [-0.1, -0.05) is 13.0 Å². The van der Waals surface area contributed by atoms with Crippen LogP contribution in [-0.4, -0.2) is 37.1 Å². The fraction of sp³-hybridized carbons (Fsp3) is 0.562. The van der Waals surface area contributed by atoms with E-state index >= 15 is 0 Å². The van der Waals surface area contributed by atoms with Gasteiger partial charge < -0.3 is 10.6 Å². The molecule has 0 atom stereocenters. The number of carbonyl (C=O) groups is 1. The minimum atomic E-state index is -3.19. The van der Waals surface area contributed by atoms with Crippen LogP contribution in [0.4, 0.5) is 10.5 Å². The van der Waals surface area contributed by atoms with Crippen LogP contribution in [0.2, 0.25) is 0 Å². The van der Waals surface area contributed by atoms with Gasteiger partial charge in [0, 0.05) is 24.8 Å². The summed E-state index contributed by atoms with van der Waals surface area (Å²) < 4.78 is 26.0. The first-order chi connectivity index (χ1) is 11.0. The second kappa shape index (κ2) is 6.49. The van der Waals surface area contributed by atoms with Crippen molar-refractivity contribution in [2.45, 2.75) is 45.2 Å². The van der Waals surface area contributed by atoms with Gasteiger partial charge in [-0.05, 0) is 48.9 Å².